The molecule has 0 radical (unpaired) electrons. The lowest BCUT2D eigenvalue weighted by atomic mass is 9.76. The Morgan fingerprint density at radius 1 is 0.767 bits per heavy atom. The number of imidazole rings is 1. The van der Waals surface area contributed by atoms with Gasteiger partial charge in [-0.15, -0.1) is 0 Å². The van der Waals surface area contributed by atoms with Gasteiger partial charge in [0.2, 0.25) is 0 Å². The highest BCUT2D eigenvalue weighted by atomic mass is 16.3. The molecule has 0 bridgehead atoms. The van der Waals surface area contributed by atoms with Crippen LogP contribution in [0.15, 0.2) is 95.4 Å². The Hall–Kier alpha value is -4.63. The van der Waals surface area contributed by atoms with Crippen molar-refractivity contribution < 1.29 is 4.42 Å². The third-order valence-corrected chi connectivity index (χ3v) is 9.39. The molecular weight excluding hydrogens is 524 g/mol. The molecule has 2 heterocycles. The van der Waals surface area contributed by atoms with Gasteiger partial charge in [0.25, 0.3) is 0 Å². The number of aromatic nitrogens is 2. The maximum atomic E-state index is 6.86. The summed E-state index contributed by atoms with van der Waals surface area (Å²) in [5.74, 6) is 1.63. The molecule has 1 aliphatic carbocycles. The Morgan fingerprint density at radius 3 is 2.26 bits per heavy atom. The standard InChI is InChI=1S/C40H36N2O/c1-23(2)26-13-10-14-27(24(3)4)37(26)42-33-19-8-7-18-32(33)41-39(42)30-16-11-15-29-36-28-20-21-40(5,6)31-17-9-12-25(35(28)31)22-34(36)43-38(29)30/h7-24H,1-6H3. The normalized spacial score (nSPS) is 14.3. The fourth-order valence-electron chi connectivity index (χ4n) is 7.24. The quantitative estimate of drug-likeness (QED) is 0.214. The predicted molar refractivity (Wildman–Crippen MR) is 182 cm³/mol. The lowest BCUT2D eigenvalue weighted by Crippen LogP contribution is -2.16. The van der Waals surface area contributed by atoms with Crippen LogP contribution in [-0.4, -0.2) is 9.55 Å². The minimum Gasteiger partial charge on any atom is -0.455 e. The van der Waals surface area contributed by atoms with Gasteiger partial charge in [0, 0.05) is 16.2 Å². The molecule has 7 aromatic rings. The van der Waals surface area contributed by atoms with Crippen LogP contribution in [-0.2, 0) is 5.41 Å². The first kappa shape index (κ1) is 26.0. The van der Waals surface area contributed by atoms with E-state index in [2.05, 4.69) is 143 Å². The van der Waals surface area contributed by atoms with Crippen LogP contribution >= 0.6 is 0 Å². The first-order valence-electron chi connectivity index (χ1n) is 15.5. The van der Waals surface area contributed by atoms with E-state index in [9.17, 15) is 0 Å². The van der Waals surface area contributed by atoms with E-state index in [-0.39, 0.29) is 5.41 Å². The lowest BCUT2D eigenvalue weighted by molar-refractivity contribution is 0.668. The zero-order chi connectivity index (χ0) is 29.6. The summed E-state index contributed by atoms with van der Waals surface area (Å²) in [5.41, 5.74) is 11.4. The predicted octanol–water partition coefficient (Wildman–Crippen LogP) is 11.3. The van der Waals surface area contributed by atoms with Crippen LogP contribution in [0.4, 0.5) is 0 Å². The van der Waals surface area contributed by atoms with Crippen LogP contribution in [0.5, 0.6) is 0 Å². The van der Waals surface area contributed by atoms with E-state index in [1.54, 1.807) is 0 Å². The summed E-state index contributed by atoms with van der Waals surface area (Å²) < 4.78 is 9.25. The second-order valence-electron chi connectivity index (χ2n) is 13.3. The van der Waals surface area contributed by atoms with E-state index in [1.807, 2.05) is 0 Å². The van der Waals surface area contributed by atoms with E-state index in [4.69, 9.17) is 9.40 Å². The van der Waals surface area contributed by atoms with Crippen molar-refractivity contribution in [2.75, 3.05) is 0 Å². The molecule has 0 unspecified atom stereocenters. The van der Waals surface area contributed by atoms with Gasteiger partial charge in [-0.1, -0.05) is 114 Å². The topological polar surface area (TPSA) is 31.0 Å². The van der Waals surface area contributed by atoms with Crippen molar-refractivity contribution in [3.8, 4) is 17.1 Å². The second-order valence-corrected chi connectivity index (χ2v) is 13.3. The molecule has 5 aromatic carbocycles. The van der Waals surface area contributed by atoms with Crippen molar-refractivity contribution in [1.29, 1.82) is 0 Å². The highest BCUT2D eigenvalue weighted by molar-refractivity contribution is 6.19. The average molecular weight is 561 g/mol. The van der Waals surface area contributed by atoms with Gasteiger partial charge in [-0.2, -0.15) is 0 Å². The molecule has 8 rings (SSSR count). The number of hydrogen-bond donors (Lipinski definition) is 0. The van der Waals surface area contributed by atoms with Crippen LogP contribution < -0.4 is 0 Å². The van der Waals surface area contributed by atoms with Crippen molar-refractivity contribution in [2.45, 2.75) is 58.8 Å². The van der Waals surface area contributed by atoms with E-state index < -0.39 is 0 Å². The highest BCUT2D eigenvalue weighted by Crippen LogP contribution is 2.46. The van der Waals surface area contributed by atoms with Gasteiger partial charge in [-0.05, 0) is 69.1 Å². The number of hydrogen-bond acceptors (Lipinski definition) is 2. The minimum absolute atomic E-state index is 0.0202. The zero-order valence-electron chi connectivity index (χ0n) is 25.7. The van der Waals surface area contributed by atoms with Crippen molar-refractivity contribution >= 4 is 49.8 Å². The Bertz CT molecular complexity index is 2250. The van der Waals surface area contributed by atoms with E-state index in [0.717, 1.165) is 39.0 Å². The van der Waals surface area contributed by atoms with Gasteiger partial charge < -0.3 is 4.42 Å². The monoisotopic (exact) mass is 560 g/mol. The molecule has 43 heavy (non-hydrogen) atoms. The third-order valence-electron chi connectivity index (χ3n) is 9.39. The molecular formula is C40H36N2O. The Labute approximate surface area is 252 Å². The van der Waals surface area contributed by atoms with Crippen molar-refractivity contribution in [1.82, 2.24) is 9.55 Å². The lowest BCUT2D eigenvalue weighted by Gasteiger charge is -2.28. The summed E-state index contributed by atoms with van der Waals surface area (Å²) >= 11 is 0. The molecule has 0 fully saturated rings. The van der Waals surface area contributed by atoms with Crippen molar-refractivity contribution in [2.24, 2.45) is 0 Å². The number of rotatable bonds is 4. The summed E-state index contributed by atoms with van der Waals surface area (Å²) in [6, 6.07) is 30.7. The van der Waals surface area contributed by atoms with Gasteiger partial charge in [-0.3, -0.25) is 4.57 Å². The second kappa shape index (κ2) is 9.18. The van der Waals surface area contributed by atoms with Gasteiger partial charge >= 0.3 is 0 Å². The molecule has 0 saturated heterocycles. The molecule has 0 aliphatic heterocycles. The summed E-state index contributed by atoms with van der Waals surface area (Å²) in [4.78, 5) is 5.31. The number of benzene rings is 5. The molecule has 0 atom stereocenters. The molecule has 3 heteroatoms. The Kier molecular flexibility index (Phi) is 5.56. The summed E-state index contributed by atoms with van der Waals surface area (Å²) in [6.07, 6.45) is 4.64. The highest BCUT2D eigenvalue weighted by Gasteiger charge is 2.28. The fraction of sp³-hybridized carbons (Fsp3) is 0.225. The third kappa shape index (κ3) is 3.70. The molecule has 0 spiro atoms. The number of nitrogens with zero attached hydrogens (tertiary/aromatic N) is 2. The molecule has 3 nitrogen and oxygen atoms in total. The minimum atomic E-state index is -0.0202. The van der Waals surface area contributed by atoms with E-state index >= 15 is 0 Å². The molecule has 0 saturated carbocycles. The van der Waals surface area contributed by atoms with E-state index in [1.165, 1.54) is 44.1 Å². The van der Waals surface area contributed by atoms with Crippen molar-refractivity contribution in [3.05, 3.63) is 113 Å². The molecule has 1 aliphatic rings. The molecule has 2 aromatic heterocycles. The van der Waals surface area contributed by atoms with Crippen molar-refractivity contribution in [3.63, 3.8) is 0 Å². The zero-order valence-corrected chi connectivity index (χ0v) is 25.7. The Morgan fingerprint density at radius 2 is 1.49 bits per heavy atom. The fourth-order valence-corrected chi connectivity index (χ4v) is 7.24. The number of furan rings is 1. The Balaban J connectivity index is 1.50. The molecule has 0 amide bonds. The van der Waals surface area contributed by atoms with Gasteiger partial charge in [0.1, 0.15) is 17.0 Å². The van der Waals surface area contributed by atoms with Gasteiger partial charge in [0.15, 0.2) is 0 Å². The number of allylic oxidation sites excluding steroid dienone is 1. The SMILES string of the molecule is CC(C)c1cccc(C(C)C)c1-n1c(-c2cccc3c2oc2cc4cccc5c4c(c23)C=CC5(C)C)nc2ccccc21. The summed E-state index contributed by atoms with van der Waals surface area (Å²) in [6.45, 7) is 13.7. The maximum Gasteiger partial charge on any atom is 0.149 e. The summed E-state index contributed by atoms with van der Waals surface area (Å²) in [5, 5.41) is 4.85. The van der Waals surface area contributed by atoms with Crippen LogP contribution in [0.2, 0.25) is 0 Å². The van der Waals surface area contributed by atoms with Crippen LogP contribution in [0.1, 0.15) is 75.6 Å². The van der Waals surface area contributed by atoms with Crippen LogP contribution in [0.25, 0.3) is 66.9 Å². The molecule has 0 N–H and O–H groups in total. The van der Waals surface area contributed by atoms with Gasteiger partial charge in [0.05, 0.1) is 22.3 Å². The number of para-hydroxylation sites is 4. The first-order chi connectivity index (χ1) is 20.7. The first-order valence-corrected chi connectivity index (χ1v) is 15.5. The smallest absolute Gasteiger partial charge is 0.149 e. The largest absolute Gasteiger partial charge is 0.455 e. The average Bonchev–Trinajstić information content (AvgIpc) is 3.56. The van der Waals surface area contributed by atoms with Gasteiger partial charge in [-0.25, -0.2) is 4.98 Å². The summed E-state index contributed by atoms with van der Waals surface area (Å²) in [7, 11) is 0. The molecule has 212 valence electrons. The van der Waals surface area contributed by atoms with Crippen LogP contribution in [0, 0.1) is 0 Å². The maximum absolute atomic E-state index is 6.86. The van der Waals surface area contributed by atoms with E-state index in [0.29, 0.717) is 11.8 Å². The number of fused-ring (bicyclic) bond motifs is 5. The van der Waals surface area contributed by atoms with Crippen LogP contribution in [0.3, 0.4) is 0 Å².